The largest absolute Gasteiger partial charge is 0.573 e. The first-order valence-electron chi connectivity index (χ1n) is 22.3. The standard InChI is InChI=1S/C26H20F5NO3.C19H16BrF2NO2.C7H6BF3O3.CH4/c1-2-34-25(33)19-14-22(23-20(27)4-3-5-21(23)28)32-24(19)17-8-6-15(7-9-17)16-10-12-18(13-11-16)35-26(29,30)31;1-2-25-19(24)13-10-16(17-14(21)4-3-5-15(17)22)23-18(13)11-6-8-12(20)9-7-11;9-7(10,11)14-6-3-1-5(2-4-6)8(12)13;/h3-13,19,24H,2,14H2,1H3;3-9,13,18H,2,10H2,1H3;1-4,12-13H;1H4/t19-,24-;13-,18-;;/m00../s1. The number of ether oxygens (including phenoxy) is 4. The van der Waals surface area contributed by atoms with Gasteiger partial charge in [0.2, 0.25) is 0 Å². The van der Waals surface area contributed by atoms with E-state index in [2.05, 4.69) is 35.4 Å². The normalized spacial score (nSPS) is 16.9. The summed E-state index contributed by atoms with van der Waals surface area (Å²) in [5.41, 5.74) is 2.86. The quantitative estimate of drug-likeness (QED) is 0.0702. The van der Waals surface area contributed by atoms with Crippen molar-refractivity contribution < 1.29 is 82.5 Å². The fourth-order valence-electron chi connectivity index (χ4n) is 7.90. The third kappa shape index (κ3) is 16.0. The van der Waals surface area contributed by atoms with Crippen LogP contribution in [0.1, 0.15) is 68.5 Å². The summed E-state index contributed by atoms with van der Waals surface area (Å²) in [5, 5.41) is 17.3. The molecule has 0 aromatic heterocycles. The SMILES string of the molecule is C.CCOC(=O)[C@H]1CC(c2c(F)cccc2F)=N[C@H]1c1ccc(-c2ccc(OC(F)(F)F)cc2)cc1.CCOC(=O)[C@H]1CC(c2c(F)cccc2F)=N[C@H]1c1ccc(Br)cc1.OB(O)c1ccc(OC(F)(F)F)cc1. The van der Waals surface area contributed by atoms with E-state index < -0.39 is 84.7 Å². The first kappa shape index (κ1) is 58.8. The Bertz CT molecular complexity index is 2900. The molecule has 4 atom stereocenters. The third-order valence-electron chi connectivity index (χ3n) is 11.2. The van der Waals surface area contributed by atoms with Crippen molar-refractivity contribution in [2.75, 3.05) is 13.2 Å². The van der Waals surface area contributed by atoms with Gasteiger partial charge in [0.1, 0.15) is 34.8 Å². The summed E-state index contributed by atoms with van der Waals surface area (Å²) >= 11 is 3.36. The van der Waals surface area contributed by atoms with Gasteiger partial charge >= 0.3 is 31.8 Å². The van der Waals surface area contributed by atoms with Gasteiger partial charge in [-0.25, -0.2) is 17.6 Å². The Balaban J connectivity index is 0.000000226. The number of esters is 2. The van der Waals surface area contributed by atoms with Gasteiger partial charge in [0.25, 0.3) is 0 Å². The second kappa shape index (κ2) is 26.0. The first-order valence-corrected chi connectivity index (χ1v) is 23.1. The molecule has 0 bridgehead atoms. The van der Waals surface area contributed by atoms with Crippen LogP contribution in [0.25, 0.3) is 11.1 Å². The zero-order valence-electron chi connectivity index (χ0n) is 38.8. The van der Waals surface area contributed by atoms with Gasteiger partial charge in [-0.15, -0.1) is 26.3 Å². The average molecular weight is 1120 g/mol. The van der Waals surface area contributed by atoms with E-state index in [1.165, 1.54) is 48.5 Å². The van der Waals surface area contributed by atoms with Crippen molar-refractivity contribution in [1.82, 2.24) is 0 Å². The highest BCUT2D eigenvalue weighted by atomic mass is 79.9. The van der Waals surface area contributed by atoms with Crippen molar-refractivity contribution in [3.8, 4) is 22.6 Å². The van der Waals surface area contributed by atoms with Gasteiger partial charge in [0, 0.05) is 28.7 Å². The minimum atomic E-state index is -4.77. The van der Waals surface area contributed by atoms with E-state index in [0.29, 0.717) is 16.7 Å². The number of carbonyl (C=O) groups is 2. The van der Waals surface area contributed by atoms with E-state index in [0.717, 1.165) is 46.4 Å². The highest BCUT2D eigenvalue weighted by Crippen LogP contribution is 2.41. The van der Waals surface area contributed by atoms with Crippen molar-refractivity contribution in [1.29, 1.82) is 0 Å². The molecule has 0 saturated carbocycles. The lowest BCUT2D eigenvalue weighted by atomic mass is 9.80. The summed E-state index contributed by atoms with van der Waals surface area (Å²) in [5.74, 6) is -5.91. The van der Waals surface area contributed by atoms with Crippen molar-refractivity contribution >= 4 is 51.9 Å². The number of hydrogen-bond donors (Lipinski definition) is 2. The molecule has 10 nitrogen and oxygen atoms in total. The topological polar surface area (TPSA) is 136 Å². The van der Waals surface area contributed by atoms with E-state index in [9.17, 15) is 53.5 Å². The predicted molar refractivity (Wildman–Crippen MR) is 263 cm³/mol. The molecule has 0 fully saturated rings. The molecule has 2 heterocycles. The molecule has 6 aromatic carbocycles. The molecule has 2 aliphatic heterocycles. The van der Waals surface area contributed by atoms with Gasteiger partial charge in [0.15, 0.2) is 0 Å². The summed E-state index contributed by atoms with van der Waals surface area (Å²) in [6.07, 6.45) is -9.36. The van der Waals surface area contributed by atoms with Gasteiger partial charge < -0.3 is 29.0 Å². The molecular weight excluding hydrogens is 1070 g/mol. The molecule has 0 aliphatic carbocycles. The van der Waals surface area contributed by atoms with Crippen molar-refractivity contribution in [2.24, 2.45) is 21.8 Å². The summed E-state index contributed by atoms with van der Waals surface area (Å²) < 4.78 is 148. The van der Waals surface area contributed by atoms with Crippen LogP contribution in [0.2, 0.25) is 0 Å². The maximum atomic E-state index is 14.4. The minimum absolute atomic E-state index is 0. The Hall–Kier alpha value is -7.04. The van der Waals surface area contributed by atoms with Crippen LogP contribution >= 0.6 is 15.9 Å². The molecule has 0 unspecified atom stereocenters. The number of carbonyl (C=O) groups excluding carboxylic acids is 2. The number of hydrogen-bond acceptors (Lipinski definition) is 10. The van der Waals surface area contributed by atoms with E-state index in [1.54, 1.807) is 38.1 Å². The van der Waals surface area contributed by atoms with E-state index in [-0.39, 0.29) is 67.2 Å². The summed E-state index contributed by atoms with van der Waals surface area (Å²) in [6.45, 7) is 3.78. The molecule has 0 saturated heterocycles. The summed E-state index contributed by atoms with van der Waals surface area (Å²) in [7, 11) is -1.70. The molecule has 396 valence electrons. The Morgan fingerprint density at radius 1 is 0.560 bits per heavy atom. The van der Waals surface area contributed by atoms with Crippen LogP contribution < -0.4 is 14.9 Å². The van der Waals surface area contributed by atoms with Crippen LogP contribution in [-0.2, 0) is 19.1 Å². The third-order valence-corrected chi connectivity index (χ3v) is 11.7. The van der Waals surface area contributed by atoms with Crippen LogP contribution in [-0.4, -0.2) is 66.5 Å². The Morgan fingerprint density at radius 2 is 0.893 bits per heavy atom. The molecule has 2 N–H and O–H groups in total. The van der Waals surface area contributed by atoms with Crippen LogP contribution in [0.5, 0.6) is 11.5 Å². The lowest BCUT2D eigenvalue weighted by Gasteiger charge is -2.17. The zero-order valence-corrected chi connectivity index (χ0v) is 40.4. The van der Waals surface area contributed by atoms with Crippen molar-refractivity contribution in [2.45, 2.75) is 58.9 Å². The lowest BCUT2D eigenvalue weighted by Crippen LogP contribution is -2.29. The maximum absolute atomic E-state index is 14.4. The molecule has 22 heteroatoms. The van der Waals surface area contributed by atoms with E-state index in [4.69, 9.17) is 19.5 Å². The predicted octanol–water partition coefficient (Wildman–Crippen LogP) is 12.4. The van der Waals surface area contributed by atoms with Gasteiger partial charge in [-0.05, 0) is 102 Å². The number of aliphatic imine (C=N–C) groups is 2. The van der Waals surface area contributed by atoms with Gasteiger partial charge in [0.05, 0.1) is 48.3 Å². The molecule has 75 heavy (non-hydrogen) atoms. The molecule has 6 aromatic rings. The number of benzene rings is 6. The molecule has 0 spiro atoms. The lowest BCUT2D eigenvalue weighted by molar-refractivity contribution is -0.275. The Kier molecular flexibility index (Phi) is 20.4. The second-order valence-corrected chi connectivity index (χ2v) is 17.0. The molecule has 0 radical (unpaired) electrons. The summed E-state index contributed by atoms with van der Waals surface area (Å²) in [6, 6.07) is 29.9. The molecule has 8 rings (SSSR count). The first-order chi connectivity index (χ1) is 35.0. The Labute approximate surface area is 432 Å². The highest BCUT2D eigenvalue weighted by Gasteiger charge is 2.40. The number of halogens is 11. The number of alkyl halides is 6. The van der Waals surface area contributed by atoms with Crippen LogP contribution in [0.4, 0.5) is 43.9 Å². The highest BCUT2D eigenvalue weighted by molar-refractivity contribution is 9.10. The number of nitrogens with zero attached hydrogens (tertiary/aromatic N) is 2. The minimum Gasteiger partial charge on any atom is -0.466 e. The summed E-state index contributed by atoms with van der Waals surface area (Å²) in [4.78, 5) is 34.0. The van der Waals surface area contributed by atoms with Crippen LogP contribution in [0.15, 0.2) is 148 Å². The Morgan fingerprint density at radius 3 is 1.23 bits per heavy atom. The fraction of sp³-hybridized carbons (Fsp3) is 0.245. The smallest absolute Gasteiger partial charge is 0.466 e. The van der Waals surface area contributed by atoms with E-state index in [1.807, 2.05) is 24.3 Å². The zero-order chi connectivity index (χ0) is 53.9. The maximum Gasteiger partial charge on any atom is 0.573 e. The monoisotopic (exact) mass is 1120 g/mol. The second-order valence-electron chi connectivity index (χ2n) is 16.1. The fourth-order valence-corrected chi connectivity index (χ4v) is 8.17. The molecular formula is C53H46BBrF10N2O8. The molecule has 0 amide bonds. The van der Waals surface area contributed by atoms with Gasteiger partial charge in [-0.2, -0.15) is 0 Å². The van der Waals surface area contributed by atoms with E-state index >= 15 is 0 Å². The van der Waals surface area contributed by atoms with Crippen LogP contribution in [0.3, 0.4) is 0 Å². The van der Waals surface area contributed by atoms with Crippen LogP contribution in [0, 0.1) is 35.1 Å². The number of rotatable bonds is 12. The average Bonchev–Trinajstić information content (AvgIpc) is 3.98. The molecule has 2 aliphatic rings. The van der Waals surface area contributed by atoms with Crippen molar-refractivity contribution in [3.05, 3.63) is 183 Å². The van der Waals surface area contributed by atoms with Gasteiger partial charge in [-0.3, -0.25) is 19.6 Å². The van der Waals surface area contributed by atoms with Gasteiger partial charge in [-0.1, -0.05) is 96.2 Å². The van der Waals surface area contributed by atoms with Crippen molar-refractivity contribution in [3.63, 3.8) is 0 Å².